The Balaban J connectivity index is 3.00. The van der Waals surface area contributed by atoms with Crippen LogP contribution in [0.2, 0.25) is 0 Å². The molecule has 0 fully saturated rings. The van der Waals surface area contributed by atoms with Crippen LogP contribution in [0.25, 0.3) is 0 Å². The summed E-state index contributed by atoms with van der Waals surface area (Å²) in [4.78, 5) is 10.5. The van der Waals surface area contributed by atoms with Gasteiger partial charge in [0.1, 0.15) is 0 Å². The Bertz CT molecular complexity index is 446. The Kier molecular flexibility index (Phi) is 5.60. The topological polar surface area (TPSA) is 52.4 Å². The van der Waals surface area contributed by atoms with Crippen molar-refractivity contribution in [3.05, 3.63) is 33.9 Å². The molecule has 1 atom stereocenters. The lowest BCUT2D eigenvalue weighted by atomic mass is 10.0. The van der Waals surface area contributed by atoms with Crippen molar-refractivity contribution in [1.29, 1.82) is 0 Å². The molecule has 1 aromatic rings. The summed E-state index contributed by atoms with van der Waals surface area (Å²) in [5.74, 6) is 0.663. The van der Waals surface area contributed by atoms with Gasteiger partial charge >= 0.3 is 5.69 Å². The molecule has 5 heteroatoms. The third-order valence-electron chi connectivity index (χ3n) is 2.74. The van der Waals surface area contributed by atoms with Crippen molar-refractivity contribution in [2.45, 2.75) is 45.6 Å². The van der Waals surface area contributed by atoms with Crippen molar-refractivity contribution < 1.29 is 9.66 Å². The minimum Gasteiger partial charge on any atom is -0.484 e. The molecule has 0 radical (unpaired) electrons. The quantitative estimate of drug-likeness (QED) is 0.447. The minimum atomic E-state index is -0.428. The van der Waals surface area contributed by atoms with E-state index in [1.54, 1.807) is 12.1 Å². The molecular weight excluding hydrogens is 266 g/mol. The molecule has 0 aliphatic heterocycles. The third kappa shape index (κ3) is 4.71. The second kappa shape index (κ2) is 6.75. The number of halogens is 1. The molecule has 4 nitrogen and oxygen atoms in total. The molecule has 0 spiro atoms. The van der Waals surface area contributed by atoms with Crippen molar-refractivity contribution in [3.63, 3.8) is 0 Å². The first-order chi connectivity index (χ1) is 8.81. The number of hydrogen-bond donors (Lipinski definition) is 0. The first-order valence-electron chi connectivity index (χ1n) is 6.39. The second-order valence-electron chi connectivity index (χ2n) is 5.19. The van der Waals surface area contributed by atoms with E-state index in [1.807, 2.05) is 13.8 Å². The SMILES string of the molecule is CC(C)Oc1cc(CC(Cl)C(C)C)ccc1[N+](=O)[O-]. The zero-order valence-corrected chi connectivity index (χ0v) is 12.5. The average molecular weight is 286 g/mol. The first kappa shape index (κ1) is 15.8. The number of benzene rings is 1. The fraction of sp³-hybridized carbons (Fsp3) is 0.571. The molecule has 0 heterocycles. The predicted octanol–water partition coefficient (Wildman–Crippen LogP) is 4.19. The fourth-order valence-corrected chi connectivity index (χ4v) is 1.82. The van der Waals surface area contributed by atoms with Crippen LogP contribution in [0.15, 0.2) is 18.2 Å². The van der Waals surface area contributed by atoms with E-state index in [1.165, 1.54) is 6.07 Å². The molecule has 0 saturated carbocycles. The van der Waals surface area contributed by atoms with Gasteiger partial charge in [0.15, 0.2) is 5.75 Å². The maximum absolute atomic E-state index is 10.9. The van der Waals surface area contributed by atoms with E-state index < -0.39 is 4.92 Å². The Labute approximate surface area is 118 Å². The first-order valence-corrected chi connectivity index (χ1v) is 6.83. The van der Waals surface area contributed by atoms with Crippen molar-refractivity contribution >= 4 is 17.3 Å². The Hall–Kier alpha value is -1.29. The highest BCUT2D eigenvalue weighted by molar-refractivity contribution is 6.20. The van der Waals surface area contributed by atoms with Gasteiger partial charge in [-0.2, -0.15) is 0 Å². The van der Waals surface area contributed by atoms with Crippen LogP contribution in [0.3, 0.4) is 0 Å². The van der Waals surface area contributed by atoms with E-state index in [4.69, 9.17) is 16.3 Å². The van der Waals surface area contributed by atoms with Crippen LogP contribution >= 0.6 is 11.6 Å². The minimum absolute atomic E-state index is 0.00637. The van der Waals surface area contributed by atoms with Gasteiger partial charge in [0.2, 0.25) is 0 Å². The van der Waals surface area contributed by atoms with Gasteiger partial charge in [0, 0.05) is 11.4 Å². The Morgan fingerprint density at radius 2 is 1.95 bits per heavy atom. The summed E-state index contributed by atoms with van der Waals surface area (Å²) in [5.41, 5.74) is 0.947. The van der Waals surface area contributed by atoms with E-state index in [-0.39, 0.29) is 17.2 Å². The highest BCUT2D eigenvalue weighted by atomic mass is 35.5. The standard InChI is InChI=1S/C14H20ClNO3/c1-9(2)12(15)7-11-5-6-13(16(17)18)14(8-11)19-10(3)4/h5-6,8-10,12H,7H2,1-4H3. The van der Waals surface area contributed by atoms with Gasteiger partial charge < -0.3 is 4.74 Å². The van der Waals surface area contributed by atoms with Crippen LogP contribution in [0.1, 0.15) is 33.3 Å². The molecule has 106 valence electrons. The van der Waals surface area contributed by atoms with Crippen molar-refractivity contribution in [2.75, 3.05) is 0 Å². The largest absolute Gasteiger partial charge is 0.484 e. The van der Waals surface area contributed by atoms with Gasteiger partial charge in [-0.1, -0.05) is 19.9 Å². The lowest BCUT2D eigenvalue weighted by Gasteiger charge is -2.15. The molecule has 0 N–H and O–H groups in total. The fourth-order valence-electron chi connectivity index (χ4n) is 1.65. The normalized spacial score (nSPS) is 12.8. The number of rotatable bonds is 6. The number of nitro benzene ring substituents is 1. The lowest BCUT2D eigenvalue weighted by molar-refractivity contribution is -0.386. The summed E-state index contributed by atoms with van der Waals surface area (Å²) in [5, 5.41) is 11.0. The summed E-state index contributed by atoms with van der Waals surface area (Å²) >= 11 is 6.24. The van der Waals surface area contributed by atoms with Crippen molar-refractivity contribution in [2.24, 2.45) is 5.92 Å². The molecular formula is C14H20ClNO3. The van der Waals surface area contributed by atoms with Crippen LogP contribution in [0.4, 0.5) is 5.69 Å². The summed E-state index contributed by atoms with van der Waals surface area (Å²) in [6.45, 7) is 7.78. The summed E-state index contributed by atoms with van der Waals surface area (Å²) in [7, 11) is 0. The second-order valence-corrected chi connectivity index (χ2v) is 5.75. The average Bonchev–Trinajstić information content (AvgIpc) is 2.27. The molecule has 0 aromatic heterocycles. The van der Waals surface area contributed by atoms with Crippen LogP contribution in [0.5, 0.6) is 5.75 Å². The van der Waals surface area contributed by atoms with E-state index in [2.05, 4.69) is 13.8 Å². The molecule has 19 heavy (non-hydrogen) atoms. The molecule has 1 unspecified atom stereocenters. The molecule has 0 aliphatic carbocycles. The smallest absolute Gasteiger partial charge is 0.310 e. The van der Waals surface area contributed by atoms with E-state index >= 15 is 0 Å². The van der Waals surface area contributed by atoms with E-state index in [9.17, 15) is 10.1 Å². The molecule has 0 aliphatic rings. The van der Waals surface area contributed by atoms with Crippen molar-refractivity contribution in [1.82, 2.24) is 0 Å². The van der Waals surface area contributed by atoms with Crippen molar-refractivity contribution in [3.8, 4) is 5.75 Å². The Morgan fingerprint density at radius 1 is 1.32 bits per heavy atom. The van der Waals surface area contributed by atoms with Gasteiger partial charge in [-0.05, 0) is 37.8 Å². The van der Waals surface area contributed by atoms with Gasteiger partial charge in [-0.3, -0.25) is 10.1 Å². The third-order valence-corrected chi connectivity index (χ3v) is 3.40. The summed E-state index contributed by atoms with van der Waals surface area (Å²) in [6, 6.07) is 4.94. The van der Waals surface area contributed by atoms with E-state index in [0.29, 0.717) is 18.1 Å². The van der Waals surface area contributed by atoms with Crippen LogP contribution in [-0.2, 0) is 6.42 Å². The van der Waals surface area contributed by atoms with Gasteiger partial charge in [-0.25, -0.2) is 0 Å². The van der Waals surface area contributed by atoms with E-state index in [0.717, 1.165) is 5.56 Å². The Morgan fingerprint density at radius 3 is 2.42 bits per heavy atom. The molecule has 0 amide bonds. The van der Waals surface area contributed by atoms with Crippen LogP contribution in [0, 0.1) is 16.0 Å². The summed E-state index contributed by atoms with van der Waals surface area (Å²) < 4.78 is 5.50. The van der Waals surface area contributed by atoms with Gasteiger partial charge in [-0.15, -0.1) is 11.6 Å². The number of nitrogens with zero attached hydrogens (tertiary/aromatic N) is 1. The predicted molar refractivity (Wildman–Crippen MR) is 77.0 cm³/mol. The molecule has 0 saturated heterocycles. The number of hydrogen-bond acceptors (Lipinski definition) is 3. The zero-order valence-electron chi connectivity index (χ0n) is 11.7. The molecule has 0 bridgehead atoms. The number of alkyl halides is 1. The lowest BCUT2D eigenvalue weighted by Crippen LogP contribution is -2.12. The highest BCUT2D eigenvalue weighted by Gasteiger charge is 2.18. The zero-order chi connectivity index (χ0) is 14.6. The van der Waals surface area contributed by atoms with Gasteiger partial charge in [0.25, 0.3) is 0 Å². The van der Waals surface area contributed by atoms with Crippen LogP contribution < -0.4 is 4.74 Å². The number of ether oxygens (including phenoxy) is 1. The highest BCUT2D eigenvalue weighted by Crippen LogP contribution is 2.30. The van der Waals surface area contributed by atoms with Crippen LogP contribution in [-0.4, -0.2) is 16.4 Å². The maximum Gasteiger partial charge on any atom is 0.310 e. The molecule has 1 aromatic carbocycles. The summed E-state index contributed by atoms with van der Waals surface area (Å²) in [6.07, 6.45) is 0.567. The maximum atomic E-state index is 10.9. The monoisotopic (exact) mass is 285 g/mol. The number of nitro groups is 1. The molecule has 1 rings (SSSR count). The van der Waals surface area contributed by atoms with Gasteiger partial charge in [0.05, 0.1) is 11.0 Å².